The number of carbonyl (C=O) groups is 4. The van der Waals surface area contributed by atoms with Crippen LogP contribution in [0.2, 0.25) is 0 Å². The van der Waals surface area contributed by atoms with E-state index in [4.69, 9.17) is 15.2 Å². The predicted molar refractivity (Wildman–Crippen MR) is 125 cm³/mol. The number of fused-ring (bicyclic) bond motifs is 1. The lowest BCUT2D eigenvalue weighted by molar-refractivity contribution is -0.173. The van der Waals surface area contributed by atoms with E-state index < -0.39 is 53.4 Å². The summed E-state index contributed by atoms with van der Waals surface area (Å²) in [4.78, 5) is 51.1. The summed E-state index contributed by atoms with van der Waals surface area (Å²) in [5.74, 6) is -1.68. The minimum absolute atomic E-state index is 0. The molecule has 2 heterocycles. The standard InChI is InChI=1S/C22H27N3O6S.ClH/c1-12-10-32-19-15(24-17(26)14(23)13-8-6-5-7-9-13)18(27)25(19)16(12)20(28)30-11-31-21(29)22(2,3)4;/h5-9,14-15,19H,10-11,23H2,1-4H3,(H,24,26);1H/t14-,15-,19-;/m1./s1. The first-order valence-electron chi connectivity index (χ1n) is 10.1. The van der Waals surface area contributed by atoms with E-state index in [1.165, 1.54) is 16.7 Å². The van der Waals surface area contributed by atoms with Crippen molar-refractivity contribution in [1.29, 1.82) is 0 Å². The van der Waals surface area contributed by atoms with Crippen LogP contribution in [-0.2, 0) is 28.7 Å². The maximum atomic E-state index is 12.8. The SMILES string of the molecule is CC1=C(C(=O)OCOC(=O)C(C)(C)C)N2C(=O)[C@@H](NC(=O)[C@H](N)c3ccccc3)[C@H]2SC1.Cl. The van der Waals surface area contributed by atoms with E-state index in [0.717, 1.165) is 0 Å². The Kier molecular flexibility index (Phi) is 8.56. The van der Waals surface area contributed by atoms with Crippen LogP contribution in [0.1, 0.15) is 39.3 Å². The summed E-state index contributed by atoms with van der Waals surface area (Å²) in [5, 5.41) is 2.25. The van der Waals surface area contributed by atoms with Crippen molar-refractivity contribution in [2.45, 2.75) is 45.2 Å². The molecule has 1 aromatic rings. The molecule has 0 aromatic heterocycles. The third kappa shape index (κ3) is 5.69. The van der Waals surface area contributed by atoms with Crippen molar-refractivity contribution in [2.24, 2.45) is 11.1 Å². The number of amides is 2. The van der Waals surface area contributed by atoms with Gasteiger partial charge in [-0.25, -0.2) is 4.79 Å². The molecule has 2 amide bonds. The molecule has 1 fully saturated rings. The van der Waals surface area contributed by atoms with Gasteiger partial charge in [-0.2, -0.15) is 0 Å². The largest absolute Gasteiger partial charge is 0.427 e. The average Bonchev–Trinajstić information content (AvgIpc) is 2.76. The van der Waals surface area contributed by atoms with Gasteiger partial charge in [-0.15, -0.1) is 24.2 Å². The topological polar surface area (TPSA) is 128 Å². The summed E-state index contributed by atoms with van der Waals surface area (Å²) in [6.45, 7) is 6.24. The number of β-lactam (4-membered cyclic amide) rings is 1. The second-order valence-electron chi connectivity index (χ2n) is 8.64. The normalized spacial score (nSPS) is 20.6. The molecule has 33 heavy (non-hydrogen) atoms. The van der Waals surface area contributed by atoms with E-state index in [9.17, 15) is 19.2 Å². The Morgan fingerprint density at radius 2 is 1.85 bits per heavy atom. The Balaban J connectivity index is 0.00000385. The van der Waals surface area contributed by atoms with Gasteiger partial charge in [0.1, 0.15) is 23.2 Å². The lowest BCUT2D eigenvalue weighted by Crippen LogP contribution is -2.71. The zero-order chi connectivity index (χ0) is 23.6. The van der Waals surface area contributed by atoms with Crippen molar-refractivity contribution < 1.29 is 28.7 Å². The van der Waals surface area contributed by atoms with Gasteiger partial charge in [0.25, 0.3) is 5.91 Å². The number of carbonyl (C=O) groups excluding carboxylic acids is 4. The third-order valence-electron chi connectivity index (χ3n) is 5.08. The van der Waals surface area contributed by atoms with Crippen LogP contribution in [0.15, 0.2) is 41.6 Å². The van der Waals surface area contributed by atoms with Crippen molar-refractivity contribution in [3.8, 4) is 0 Å². The third-order valence-corrected chi connectivity index (χ3v) is 6.51. The van der Waals surface area contributed by atoms with Gasteiger partial charge in [0, 0.05) is 5.75 Å². The number of esters is 2. The monoisotopic (exact) mass is 497 g/mol. The highest BCUT2D eigenvalue weighted by Crippen LogP contribution is 2.40. The van der Waals surface area contributed by atoms with Gasteiger partial charge in [-0.05, 0) is 38.8 Å². The number of nitrogens with zero attached hydrogens (tertiary/aromatic N) is 1. The minimum Gasteiger partial charge on any atom is -0.427 e. The van der Waals surface area contributed by atoms with E-state index >= 15 is 0 Å². The van der Waals surface area contributed by atoms with E-state index in [0.29, 0.717) is 16.9 Å². The molecule has 0 unspecified atom stereocenters. The molecule has 1 aromatic carbocycles. The van der Waals surface area contributed by atoms with Gasteiger partial charge in [0.15, 0.2) is 0 Å². The number of halogens is 1. The Morgan fingerprint density at radius 1 is 1.21 bits per heavy atom. The van der Waals surface area contributed by atoms with Gasteiger partial charge in [-0.1, -0.05) is 30.3 Å². The highest BCUT2D eigenvalue weighted by molar-refractivity contribution is 8.00. The predicted octanol–water partition coefficient (Wildman–Crippen LogP) is 1.87. The van der Waals surface area contributed by atoms with E-state index in [1.807, 2.05) is 6.07 Å². The quantitative estimate of drug-likeness (QED) is 0.346. The van der Waals surface area contributed by atoms with E-state index in [-0.39, 0.29) is 18.1 Å². The molecule has 3 atom stereocenters. The smallest absolute Gasteiger partial charge is 0.357 e. The fourth-order valence-corrected chi connectivity index (χ4v) is 4.53. The van der Waals surface area contributed by atoms with Crippen LogP contribution in [0.3, 0.4) is 0 Å². The molecule has 0 aliphatic carbocycles. The Hall–Kier alpha value is -2.56. The second-order valence-corrected chi connectivity index (χ2v) is 9.75. The lowest BCUT2D eigenvalue weighted by atomic mass is 9.98. The molecule has 2 aliphatic rings. The summed E-state index contributed by atoms with van der Waals surface area (Å²) >= 11 is 1.43. The fourth-order valence-electron chi connectivity index (χ4n) is 3.24. The first kappa shape index (κ1) is 26.7. The highest BCUT2D eigenvalue weighted by atomic mass is 35.5. The maximum Gasteiger partial charge on any atom is 0.357 e. The summed E-state index contributed by atoms with van der Waals surface area (Å²) in [6.07, 6.45) is 0. The number of nitrogens with one attached hydrogen (secondary N) is 1. The highest BCUT2D eigenvalue weighted by Gasteiger charge is 2.54. The Morgan fingerprint density at radius 3 is 2.45 bits per heavy atom. The molecule has 11 heteroatoms. The van der Waals surface area contributed by atoms with Crippen molar-refractivity contribution in [2.75, 3.05) is 12.5 Å². The van der Waals surface area contributed by atoms with E-state index in [1.54, 1.807) is 52.0 Å². The van der Waals surface area contributed by atoms with Crippen LogP contribution >= 0.6 is 24.2 Å². The van der Waals surface area contributed by atoms with Crippen molar-refractivity contribution in [3.05, 3.63) is 47.2 Å². The Bertz CT molecular complexity index is 963. The van der Waals surface area contributed by atoms with Crippen LogP contribution in [0.4, 0.5) is 0 Å². The number of benzene rings is 1. The molecule has 0 spiro atoms. The molecule has 2 aliphatic heterocycles. The zero-order valence-electron chi connectivity index (χ0n) is 18.8. The van der Waals surface area contributed by atoms with Gasteiger partial charge >= 0.3 is 11.9 Å². The summed E-state index contributed by atoms with van der Waals surface area (Å²) in [7, 11) is 0. The van der Waals surface area contributed by atoms with Crippen molar-refractivity contribution in [1.82, 2.24) is 10.2 Å². The van der Waals surface area contributed by atoms with Gasteiger partial charge in [0.2, 0.25) is 12.7 Å². The van der Waals surface area contributed by atoms with Crippen LogP contribution in [-0.4, -0.2) is 52.6 Å². The first-order chi connectivity index (χ1) is 15.0. The summed E-state index contributed by atoms with van der Waals surface area (Å²) in [5.41, 5.74) is 6.70. The molecule has 3 rings (SSSR count). The maximum absolute atomic E-state index is 12.8. The van der Waals surface area contributed by atoms with Gasteiger partial charge in [-0.3, -0.25) is 19.3 Å². The summed E-state index contributed by atoms with van der Waals surface area (Å²) in [6, 6.07) is 7.14. The summed E-state index contributed by atoms with van der Waals surface area (Å²) < 4.78 is 10.0. The molecule has 0 bridgehead atoms. The molecule has 1 saturated heterocycles. The molecule has 3 N–H and O–H groups in total. The van der Waals surface area contributed by atoms with Gasteiger partial charge < -0.3 is 20.5 Å². The number of hydrogen-bond acceptors (Lipinski definition) is 8. The number of ether oxygens (including phenoxy) is 2. The number of hydrogen-bond donors (Lipinski definition) is 2. The van der Waals surface area contributed by atoms with Crippen LogP contribution in [0, 0.1) is 5.41 Å². The molecule has 9 nitrogen and oxygen atoms in total. The van der Waals surface area contributed by atoms with Crippen LogP contribution < -0.4 is 11.1 Å². The molecule has 0 saturated carbocycles. The van der Waals surface area contributed by atoms with Crippen LogP contribution in [0.5, 0.6) is 0 Å². The molecule has 180 valence electrons. The first-order valence-corrected chi connectivity index (χ1v) is 11.2. The average molecular weight is 498 g/mol. The number of nitrogens with two attached hydrogens (primary N) is 1. The Labute approximate surface area is 202 Å². The molecular weight excluding hydrogens is 470 g/mol. The number of rotatable bonds is 6. The fraction of sp³-hybridized carbons (Fsp3) is 0.455. The molecule has 0 radical (unpaired) electrons. The van der Waals surface area contributed by atoms with Crippen molar-refractivity contribution in [3.63, 3.8) is 0 Å². The molecular formula is C22H28ClN3O6S. The van der Waals surface area contributed by atoms with Crippen LogP contribution in [0.25, 0.3) is 0 Å². The second kappa shape index (κ2) is 10.6. The lowest BCUT2D eigenvalue weighted by Gasteiger charge is -2.49. The zero-order valence-corrected chi connectivity index (χ0v) is 20.5. The van der Waals surface area contributed by atoms with E-state index in [2.05, 4.69) is 5.32 Å². The minimum atomic E-state index is -0.911. The van der Waals surface area contributed by atoms with Gasteiger partial charge in [0.05, 0.1) is 5.41 Å². The van der Waals surface area contributed by atoms with Crippen molar-refractivity contribution >= 4 is 47.9 Å². The number of thioether (sulfide) groups is 1.